The number of hydrogen-bond acceptors (Lipinski definition) is 5. The molecular formula is C25H34ClN5O. The summed E-state index contributed by atoms with van der Waals surface area (Å²) in [6.07, 6.45) is 4.53. The van der Waals surface area contributed by atoms with E-state index in [0.29, 0.717) is 30.5 Å². The summed E-state index contributed by atoms with van der Waals surface area (Å²) in [4.78, 5) is 27.1. The molecule has 0 spiro atoms. The van der Waals surface area contributed by atoms with E-state index < -0.39 is 0 Å². The fraction of sp³-hybridized carbons (Fsp3) is 0.560. The number of hydrogen-bond donors (Lipinski definition) is 1. The molecule has 1 fully saturated rings. The molecule has 1 N–H and O–H groups in total. The zero-order chi connectivity index (χ0) is 22.8. The maximum atomic E-state index is 13.5. The third-order valence-corrected chi connectivity index (χ3v) is 6.90. The fourth-order valence-corrected chi connectivity index (χ4v) is 5.15. The zero-order valence-corrected chi connectivity index (χ0v) is 20.3. The van der Waals surface area contributed by atoms with Gasteiger partial charge in [-0.25, -0.2) is 9.97 Å². The molecule has 2 aliphatic rings. The first-order valence-corrected chi connectivity index (χ1v) is 12.1. The normalized spacial score (nSPS) is 21.7. The van der Waals surface area contributed by atoms with Crippen molar-refractivity contribution in [2.24, 2.45) is 0 Å². The molecule has 3 atom stereocenters. The highest BCUT2D eigenvalue weighted by atomic mass is 35.5. The molecule has 2 aromatic rings. The van der Waals surface area contributed by atoms with Gasteiger partial charge in [0, 0.05) is 48.0 Å². The van der Waals surface area contributed by atoms with Gasteiger partial charge >= 0.3 is 0 Å². The molecule has 0 radical (unpaired) electrons. The summed E-state index contributed by atoms with van der Waals surface area (Å²) in [7, 11) is 0. The number of fused-ring (bicyclic) bond motifs is 1. The van der Waals surface area contributed by atoms with Gasteiger partial charge in [0.15, 0.2) is 0 Å². The Kier molecular flexibility index (Phi) is 7.01. The minimum Gasteiger partial charge on any atom is -0.350 e. The van der Waals surface area contributed by atoms with Crippen LogP contribution in [-0.4, -0.2) is 58.5 Å². The smallest absolute Gasteiger partial charge is 0.240 e. The molecule has 1 aromatic heterocycles. The number of amides is 1. The second-order valence-electron chi connectivity index (χ2n) is 9.53. The van der Waals surface area contributed by atoms with E-state index in [9.17, 15) is 4.79 Å². The van der Waals surface area contributed by atoms with Crippen LogP contribution in [0.2, 0.25) is 5.02 Å². The molecule has 32 heavy (non-hydrogen) atoms. The summed E-state index contributed by atoms with van der Waals surface area (Å²) in [5, 5.41) is 4.19. The Hall–Kier alpha value is -2.18. The first-order valence-electron chi connectivity index (χ1n) is 11.7. The summed E-state index contributed by atoms with van der Waals surface area (Å²) >= 11 is 6.04. The van der Waals surface area contributed by atoms with Crippen molar-refractivity contribution in [1.29, 1.82) is 0 Å². The van der Waals surface area contributed by atoms with Gasteiger partial charge in [0.1, 0.15) is 12.1 Å². The van der Waals surface area contributed by atoms with Crippen LogP contribution in [-0.2, 0) is 17.6 Å². The highest BCUT2D eigenvalue weighted by Gasteiger charge is 2.34. The third kappa shape index (κ3) is 4.91. The van der Waals surface area contributed by atoms with Gasteiger partial charge < -0.3 is 15.1 Å². The highest BCUT2D eigenvalue weighted by molar-refractivity contribution is 6.30. The molecule has 1 aromatic carbocycles. The van der Waals surface area contributed by atoms with Crippen LogP contribution in [0.3, 0.4) is 0 Å². The Labute approximate surface area is 196 Å². The lowest BCUT2D eigenvalue weighted by Crippen LogP contribution is -2.58. The number of nitrogens with zero attached hydrogens (tertiary/aromatic N) is 4. The van der Waals surface area contributed by atoms with E-state index in [1.807, 2.05) is 29.2 Å². The van der Waals surface area contributed by atoms with Gasteiger partial charge in [-0.05, 0) is 49.8 Å². The van der Waals surface area contributed by atoms with Crippen molar-refractivity contribution < 1.29 is 4.79 Å². The molecule has 4 rings (SSSR count). The van der Waals surface area contributed by atoms with Gasteiger partial charge in [0.25, 0.3) is 0 Å². The van der Waals surface area contributed by atoms with Crippen LogP contribution in [0.5, 0.6) is 0 Å². The second-order valence-corrected chi connectivity index (χ2v) is 9.97. The van der Waals surface area contributed by atoms with Crippen LogP contribution >= 0.6 is 11.6 Å². The average molecular weight is 456 g/mol. The average Bonchev–Trinajstić information content (AvgIpc) is 3.15. The van der Waals surface area contributed by atoms with Crippen molar-refractivity contribution in [3.05, 3.63) is 52.4 Å². The van der Waals surface area contributed by atoms with Crippen LogP contribution in [0.4, 0.5) is 5.82 Å². The van der Waals surface area contributed by atoms with Crippen molar-refractivity contribution in [2.75, 3.05) is 24.5 Å². The number of carbonyl (C=O) groups is 1. The van der Waals surface area contributed by atoms with E-state index in [-0.39, 0.29) is 24.0 Å². The monoisotopic (exact) mass is 455 g/mol. The number of anilines is 1. The Morgan fingerprint density at radius 3 is 2.62 bits per heavy atom. The van der Waals surface area contributed by atoms with Crippen molar-refractivity contribution in [3.63, 3.8) is 0 Å². The van der Waals surface area contributed by atoms with E-state index in [1.54, 1.807) is 6.33 Å². The minimum atomic E-state index is -0.252. The summed E-state index contributed by atoms with van der Waals surface area (Å²) in [5.41, 5.74) is 3.61. The molecule has 6 nitrogen and oxygen atoms in total. The summed E-state index contributed by atoms with van der Waals surface area (Å²) < 4.78 is 0. The van der Waals surface area contributed by atoms with Gasteiger partial charge in [0.05, 0.1) is 6.04 Å². The van der Waals surface area contributed by atoms with E-state index in [2.05, 4.69) is 47.9 Å². The van der Waals surface area contributed by atoms with Crippen molar-refractivity contribution in [2.45, 2.75) is 71.0 Å². The number of rotatable bonds is 6. The number of carbonyl (C=O) groups excluding carboxylic acids is 1. The van der Waals surface area contributed by atoms with Crippen molar-refractivity contribution in [3.8, 4) is 0 Å². The molecule has 0 bridgehead atoms. The zero-order valence-electron chi connectivity index (χ0n) is 19.5. The number of aryl methyl sites for hydroxylation is 1. The van der Waals surface area contributed by atoms with E-state index in [0.717, 1.165) is 30.8 Å². The number of piperazine rings is 1. The SMILES string of the molecule is CC(C)N[C@H](Cc1ccc(Cl)cc1)C(=O)N1CCN(c2ncnc3c2[C@H](C)CC3)[C@@H](C)C1. The minimum absolute atomic E-state index is 0.168. The Bertz CT molecular complexity index is 948. The predicted molar refractivity (Wildman–Crippen MR) is 129 cm³/mol. The van der Waals surface area contributed by atoms with E-state index >= 15 is 0 Å². The standard InChI is InChI=1S/C25H34ClN5O/c1-16(2)29-22(13-19-6-8-20(26)9-7-19)25(32)30-11-12-31(18(4)14-30)24-23-17(3)5-10-21(23)27-15-28-24/h6-9,15-18,22,29H,5,10-14H2,1-4H3/t17-,18+,22-/m1/s1. The Morgan fingerprint density at radius 1 is 1.19 bits per heavy atom. The lowest BCUT2D eigenvalue weighted by atomic mass is 10.0. The molecule has 7 heteroatoms. The molecule has 1 aliphatic carbocycles. The third-order valence-electron chi connectivity index (χ3n) is 6.65. The van der Waals surface area contributed by atoms with E-state index in [1.165, 1.54) is 11.3 Å². The van der Waals surface area contributed by atoms with Crippen LogP contribution in [0.15, 0.2) is 30.6 Å². The molecule has 2 heterocycles. The molecule has 1 aliphatic heterocycles. The van der Waals surface area contributed by atoms with Crippen LogP contribution < -0.4 is 10.2 Å². The van der Waals surface area contributed by atoms with Gasteiger partial charge in [0.2, 0.25) is 5.91 Å². The molecule has 0 saturated carbocycles. The lowest BCUT2D eigenvalue weighted by Gasteiger charge is -2.42. The molecule has 1 amide bonds. The number of aromatic nitrogens is 2. The highest BCUT2D eigenvalue weighted by Crippen LogP contribution is 2.38. The number of nitrogens with one attached hydrogen (secondary N) is 1. The predicted octanol–water partition coefficient (Wildman–Crippen LogP) is 3.83. The van der Waals surface area contributed by atoms with Crippen LogP contribution in [0, 0.1) is 0 Å². The quantitative estimate of drug-likeness (QED) is 0.717. The second kappa shape index (κ2) is 9.75. The maximum Gasteiger partial charge on any atom is 0.240 e. The van der Waals surface area contributed by atoms with Crippen molar-refractivity contribution >= 4 is 23.3 Å². The van der Waals surface area contributed by atoms with Gasteiger partial charge in [-0.15, -0.1) is 0 Å². The van der Waals surface area contributed by atoms with E-state index in [4.69, 9.17) is 11.6 Å². The summed E-state index contributed by atoms with van der Waals surface area (Å²) in [5.74, 6) is 1.73. The number of benzene rings is 1. The topological polar surface area (TPSA) is 61.4 Å². The Morgan fingerprint density at radius 2 is 1.94 bits per heavy atom. The van der Waals surface area contributed by atoms with Gasteiger partial charge in [-0.3, -0.25) is 4.79 Å². The lowest BCUT2D eigenvalue weighted by molar-refractivity contribution is -0.134. The molecular weight excluding hydrogens is 422 g/mol. The maximum absolute atomic E-state index is 13.5. The largest absolute Gasteiger partial charge is 0.350 e. The first-order chi connectivity index (χ1) is 15.3. The fourth-order valence-electron chi connectivity index (χ4n) is 5.02. The van der Waals surface area contributed by atoms with Crippen molar-refractivity contribution in [1.82, 2.24) is 20.2 Å². The molecule has 172 valence electrons. The first kappa shape index (κ1) is 23.0. The van der Waals surface area contributed by atoms with Crippen LogP contribution in [0.1, 0.15) is 56.9 Å². The van der Waals surface area contributed by atoms with Gasteiger partial charge in [-0.2, -0.15) is 0 Å². The summed E-state index contributed by atoms with van der Waals surface area (Å²) in [6.45, 7) is 10.8. The summed E-state index contributed by atoms with van der Waals surface area (Å²) in [6, 6.07) is 7.95. The molecule has 1 saturated heterocycles. The molecule has 0 unspecified atom stereocenters. The van der Waals surface area contributed by atoms with Gasteiger partial charge in [-0.1, -0.05) is 44.5 Å². The number of halogens is 1. The van der Waals surface area contributed by atoms with Crippen LogP contribution in [0.25, 0.3) is 0 Å². The Balaban J connectivity index is 1.47.